The number of hydrogen-bond donors (Lipinski definition) is 4. The predicted octanol–water partition coefficient (Wildman–Crippen LogP) is 1.07. The fourth-order valence-corrected chi connectivity index (χ4v) is 2.40. The van der Waals surface area contributed by atoms with Crippen LogP contribution in [-0.2, 0) is 14.4 Å². The second-order valence-corrected chi connectivity index (χ2v) is 7.42. The van der Waals surface area contributed by atoms with Crippen LogP contribution >= 0.6 is 0 Å². The molecule has 3 atom stereocenters. The lowest BCUT2D eigenvalue weighted by molar-refractivity contribution is -0.141. The first-order valence-electron chi connectivity index (χ1n) is 7.91. The van der Waals surface area contributed by atoms with Crippen LogP contribution < -0.4 is 16.1 Å². The Bertz CT molecular complexity index is 430. The molecular weight excluding hydrogens is 298 g/mol. The molecule has 0 rings (SSSR count). The first kappa shape index (κ1) is 21.4. The van der Waals surface area contributed by atoms with E-state index in [1.54, 1.807) is 12.4 Å². The fraction of sp³-hybridized carbons (Fsp3) is 0.812. The highest BCUT2D eigenvalue weighted by atomic mass is 16.5. The molecule has 0 aromatic rings. The van der Waals surface area contributed by atoms with Crippen molar-refractivity contribution < 1.29 is 19.6 Å². The second kappa shape index (κ2) is 8.86. The van der Waals surface area contributed by atoms with Crippen LogP contribution in [0.15, 0.2) is 0 Å². The van der Waals surface area contributed by atoms with Crippen LogP contribution in [0.2, 0.25) is 0 Å². The van der Waals surface area contributed by atoms with Crippen molar-refractivity contribution in [3.8, 4) is 0 Å². The van der Waals surface area contributed by atoms with Gasteiger partial charge in [-0.05, 0) is 17.8 Å². The Balaban J connectivity index is 5.35. The van der Waals surface area contributed by atoms with E-state index < -0.39 is 29.2 Å². The highest BCUT2D eigenvalue weighted by Gasteiger charge is 2.37. The molecule has 0 fully saturated rings. The van der Waals surface area contributed by atoms with E-state index in [4.69, 9.17) is 5.21 Å². The van der Waals surface area contributed by atoms with Crippen molar-refractivity contribution in [2.75, 3.05) is 7.05 Å². The molecule has 0 saturated heterocycles. The number of amides is 3. The van der Waals surface area contributed by atoms with Crippen LogP contribution in [0.25, 0.3) is 0 Å². The van der Waals surface area contributed by atoms with Gasteiger partial charge >= 0.3 is 0 Å². The first-order chi connectivity index (χ1) is 10.4. The smallest absolute Gasteiger partial charge is 0.246 e. The topological polar surface area (TPSA) is 108 Å². The third-order valence-corrected chi connectivity index (χ3v) is 3.85. The van der Waals surface area contributed by atoms with Gasteiger partial charge in [0, 0.05) is 18.9 Å². The van der Waals surface area contributed by atoms with Crippen molar-refractivity contribution >= 4 is 17.7 Å². The Morgan fingerprint density at radius 2 is 1.52 bits per heavy atom. The number of carbonyl (C=O) groups excluding carboxylic acids is 3. The number of hydroxylamine groups is 1. The molecule has 0 aliphatic carbocycles. The van der Waals surface area contributed by atoms with Crippen molar-refractivity contribution in [1.29, 1.82) is 0 Å². The molecule has 0 heterocycles. The zero-order valence-corrected chi connectivity index (χ0v) is 15.2. The maximum atomic E-state index is 12.7. The molecule has 2 unspecified atom stereocenters. The van der Waals surface area contributed by atoms with E-state index in [9.17, 15) is 14.4 Å². The van der Waals surface area contributed by atoms with E-state index in [0.717, 1.165) is 0 Å². The summed E-state index contributed by atoms with van der Waals surface area (Å²) in [4.78, 5) is 36.4. The Kier molecular flexibility index (Phi) is 8.23. The van der Waals surface area contributed by atoms with Gasteiger partial charge < -0.3 is 10.6 Å². The van der Waals surface area contributed by atoms with E-state index in [0.29, 0.717) is 6.42 Å². The molecule has 0 aromatic carbocycles. The lowest BCUT2D eigenvalue weighted by Crippen LogP contribution is -2.55. The monoisotopic (exact) mass is 329 g/mol. The Morgan fingerprint density at radius 3 is 1.87 bits per heavy atom. The lowest BCUT2D eigenvalue weighted by atomic mass is 9.82. The average Bonchev–Trinajstić information content (AvgIpc) is 2.46. The second-order valence-electron chi connectivity index (χ2n) is 7.42. The van der Waals surface area contributed by atoms with E-state index in [1.165, 1.54) is 7.05 Å². The summed E-state index contributed by atoms with van der Waals surface area (Å²) in [6.45, 7) is 11.1. The number of nitrogens with one attached hydrogen (secondary N) is 3. The van der Waals surface area contributed by atoms with Gasteiger partial charge in [0.05, 0.1) is 0 Å². The summed E-state index contributed by atoms with van der Waals surface area (Å²) in [5.41, 5.74) is 1.12. The molecule has 0 aliphatic heterocycles. The zero-order valence-electron chi connectivity index (χ0n) is 15.2. The minimum absolute atomic E-state index is 0.188. The van der Waals surface area contributed by atoms with Gasteiger partial charge in [-0.3, -0.25) is 19.6 Å². The Hall–Kier alpha value is -1.63. The van der Waals surface area contributed by atoms with Crippen molar-refractivity contribution in [2.45, 2.75) is 54.0 Å². The standard InChI is InChI=1S/C16H31N3O4/c1-9(2)8-11(10(3)13(20)19-23)14(21)18-12(15(22)17-7)16(4,5)6/h9-12,23H,8H2,1-7H3,(H,17,22)(H,18,21)(H,19,20)/t10?,11-,12?/m0/s1. The van der Waals surface area contributed by atoms with Gasteiger partial charge in [0.2, 0.25) is 17.7 Å². The first-order valence-corrected chi connectivity index (χ1v) is 7.91. The Labute approximate surface area is 138 Å². The third-order valence-electron chi connectivity index (χ3n) is 3.85. The molecule has 0 spiro atoms. The molecule has 0 aliphatic rings. The summed E-state index contributed by atoms with van der Waals surface area (Å²) >= 11 is 0. The van der Waals surface area contributed by atoms with Gasteiger partial charge in [-0.15, -0.1) is 0 Å². The van der Waals surface area contributed by atoms with Gasteiger partial charge in [0.15, 0.2) is 0 Å². The minimum atomic E-state index is -0.709. The average molecular weight is 329 g/mol. The van der Waals surface area contributed by atoms with E-state index >= 15 is 0 Å². The summed E-state index contributed by atoms with van der Waals surface area (Å²) < 4.78 is 0. The minimum Gasteiger partial charge on any atom is -0.357 e. The van der Waals surface area contributed by atoms with Gasteiger partial charge in [-0.2, -0.15) is 0 Å². The summed E-state index contributed by atoms with van der Waals surface area (Å²) in [5, 5.41) is 14.1. The molecule has 7 nitrogen and oxygen atoms in total. The third kappa shape index (κ3) is 6.56. The molecule has 23 heavy (non-hydrogen) atoms. The predicted molar refractivity (Wildman–Crippen MR) is 87.5 cm³/mol. The molecule has 134 valence electrons. The van der Waals surface area contributed by atoms with Crippen molar-refractivity contribution in [1.82, 2.24) is 16.1 Å². The van der Waals surface area contributed by atoms with E-state index in [2.05, 4.69) is 10.6 Å². The van der Waals surface area contributed by atoms with Crippen molar-refractivity contribution in [3.05, 3.63) is 0 Å². The van der Waals surface area contributed by atoms with Gasteiger partial charge in [0.1, 0.15) is 6.04 Å². The van der Waals surface area contributed by atoms with Crippen molar-refractivity contribution in [3.63, 3.8) is 0 Å². The number of rotatable bonds is 7. The Morgan fingerprint density at radius 1 is 1.00 bits per heavy atom. The zero-order chi connectivity index (χ0) is 18.4. The van der Waals surface area contributed by atoms with Crippen LogP contribution in [0.3, 0.4) is 0 Å². The molecule has 3 amide bonds. The van der Waals surface area contributed by atoms with Crippen LogP contribution in [0.5, 0.6) is 0 Å². The maximum absolute atomic E-state index is 12.7. The fourth-order valence-electron chi connectivity index (χ4n) is 2.40. The molecule has 0 saturated carbocycles. The highest BCUT2D eigenvalue weighted by molar-refractivity contribution is 5.91. The summed E-state index contributed by atoms with van der Waals surface area (Å²) in [6, 6.07) is -0.709. The lowest BCUT2D eigenvalue weighted by Gasteiger charge is -2.32. The molecule has 0 bridgehead atoms. The quantitative estimate of drug-likeness (QED) is 0.414. The van der Waals surface area contributed by atoms with E-state index in [-0.39, 0.29) is 17.7 Å². The highest BCUT2D eigenvalue weighted by Crippen LogP contribution is 2.24. The number of likely N-dealkylation sites (N-methyl/N-ethyl adjacent to an activating group) is 1. The maximum Gasteiger partial charge on any atom is 0.246 e. The van der Waals surface area contributed by atoms with Gasteiger partial charge in [-0.25, -0.2) is 5.48 Å². The molecule has 0 radical (unpaired) electrons. The van der Waals surface area contributed by atoms with Crippen LogP contribution in [0.1, 0.15) is 48.0 Å². The summed E-state index contributed by atoms with van der Waals surface area (Å²) in [7, 11) is 1.51. The molecule has 0 aromatic heterocycles. The molecular formula is C16H31N3O4. The number of carbonyl (C=O) groups is 3. The number of hydrogen-bond acceptors (Lipinski definition) is 4. The van der Waals surface area contributed by atoms with Crippen LogP contribution in [-0.4, -0.2) is 36.0 Å². The van der Waals surface area contributed by atoms with E-state index in [1.807, 2.05) is 34.6 Å². The van der Waals surface area contributed by atoms with Crippen LogP contribution in [0.4, 0.5) is 0 Å². The van der Waals surface area contributed by atoms with Gasteiger partial charge in [-0.1, -0.05) is 41.5 Å². The van der Waals surface area contributed by atoms with Crippen molar-refractivity contribution in [2.24, 2.45) is 23.2 Å². The normalized spacial score (nSPS) is 15.5. The summed E-state index contributed by atoms with van der Waals surface area (Å²) in [5.74, 6) is -2.40. The van der Waals surface area contributed by atoms with Crippen LogP contribution in [0, 0.1) is 23.2 Å². The SMILES string of the molecule is CNC(=O)C(NC(=O)[C@@H](CC(C)C)C(C)C(=O)NO)C(C)(C)C. The van der Waals surface area contributed by atoms with Gasteiger partial charge in [0.25, 0.3) is 0 Å². The largest absolute Gasteiger partial charge is 0.357 e. The molecule has 4 N–H and O–H groups in total. The summed E-state index contributed by atoms with van der Waals surface area (Å²) in [6.07, 6.45) is 0.477. The molecule has 7 heteroatoms.